The summed E-state index contributed by atoms with van der Waals surface area (Å²) in [5, 5.41) is 4.31. The van der Waals surface area contributed by atoms with Gasteiger partial charge in [-0.2, -0.15) is 0 Å². The molecule has 0 spiro atoms. The van der Waals surface area contributed by atoms with Crippen molar-refractivity contribution in [3.05, 3.63) is 64.7 Å². The summed E-state index contributed by atoms with van der Waals surface area (Å²) < 4.78 is 0. The van der Waals surface area contributed by atoms with Gasteiger partial charge in [0, 0.05) is 6.04 Å². The molecule has 1 N–H and O–H groups in total. The minimum Gasteiger partial charge on any atom is -0.381 e. The molecule has 0 fully saturated rings. The number of para-hydroxylation sites is 1. The highest BCUT2D eigenvalue weighted by Gasteiger charge is 2.07. The van der Waals surface area contributed by atoms with Gasteiger partial charge in [-0.25, -0.2) is 0 Å². The van der Waals surface area contributed by atoms with Gasteiger partial charge >= 0.3 is 0 Å². The average Bonchev–Trinajstić information content (AvgIpc) is 2.42. The summed E-state index contributed by atoms with van der Waals surface area (Å²) in [6.07, 6.45) is 2.17. The number of benzene rings is 2. The summed E-state index contributed by atoms with van der Waals surface area (Å²) in [4.78, 5) is 0. The molecule has 0 aliphatic rings. The molecule has 1 nitrogen and oxygen atoms in total. The van der Waals surface area contributed by atoms with Crippen molar-refractivity contribution in [2.75, 3.05) is 5.32 Å². The maximum Gasteiger partial charge on any atom is 0.0640 e. The molecule has 100 valence electrons. The minimum absolute atomic E-state index is 0.402. The van der Waals surface area contributed by atoms with E-state index in [4.69, 9.17) is 11.6 Å². The first-order valence-electron chi connectivity index (χ1n) is 6.72. The lowest BCUT2D eigenvalue weighted by Crippen LogP contribution is -2.17. The normalized spacial score (nSPS) is 12.2. The Labute approximate surface area is 120 Å². The molecule has 2 aromatic rings. The van der Waals surface area contributed by atoms with Crippen molar-refractivity contribution < 1.29 is 0 Å². The lowest BCUT2D eigenvalue weighted by Gasteiger charge is -2.18. The highest BCUT2D eigenvalue weighted by Crippen LogP contribution is 2.26. The van der Waals surface area contributed by atoms with Crippen molar-refractivity contribution in [2.24, 2.45) is 0 Å². The van der Waals surface area contributed by atoms with E-state index in [9.17, 15) is 0 Å². The summed E-state index contributed by atoms with van der Waals surface area (Å²) in [5.41, 5.74) is 3.64. The van der Waals surface area contributed by atoms with Crippen LogP contribution in [0.4, 0.5) is 5.69 Å². The first kappa shape index (κ1) is 14.0. The molecule has 2 heteroatoms. The van der Waals surface area contributed by atoms with Gasteiger partial charge in [-0.3, -0.25) is 0 Å². The standard InChI is InChI=1S/C17H20ClN/c1-13-7-6-10-16(18)17(13)19-14(2)11-12-15-8-4-3-5-9-15/h3-10,14,19H,11-12H2,1-2H3. The zero-order chi connectivity index (χ0) is 13.7. The van der Waals surface area contributed by atoms with E-state index < -0.39 is 0 Å². The van der Waals surface area contributed by atoms with Gasteiger partial charge in [-0.15, -0.1) is 0 Å². The first-order chi connectivity index (χ1) is 9.16. The third-order valence-electron chi connectivity index (χ3n) is 3.32. The third kappa shape index (κ3) is 4.00. The molecule has 2 aromatic carbocycles. The van der Waals surface area contributed by atoms with Crippen LogP contribution in [0.1, 0.15) is 24.5 Å². The van der Waals surface area contributed by atoms with E-state index >= 15 is 0 Å². The van der Waals surface area contributed by atoms with Crippen LogP contribution in [0.25, 0.3) is 0 Å². The Bertz CT molecular complexity index is 502. The van der Waals surface area contributed by atoms with Crippen LogP contribution in [-0.2, 0) is 6.42 Å². The Kier molecular flexibility index (Phi) is 4.86. The zero-order valence-electron chi connectivity index (χ0n) is 11.5. The first-order valence-corrected chi connectivity index (χ1v) is 7.10. The zero-order valence-corrected chi connectivity index (χ0v) is 12.2. The maximum atomic E-state index is 6.23. The lowest BCUT2D eigenvalue weighted by molar-refractivity contribution is 0.705. The number of halogens is 1. The summed E-state index contributed by atoms with van der Waals surface area (Å²) in [6.45, 7) is 4.28. The van der Waals surface area contributed by atoms with Gasteiger partial charge in [0.25, 0.3) is 0 Å². The molecule has 0 saturated carbocycles. The summed E-state index contributed by atoms with van der Waals surface area (Å²) >= 11 is 6.23. The molecule has 1 atom stereocenters. The fourth-order valence-electron chi connectivity index (χ4n) is 2.16. The van der Waals surface area contributed by atoms with Crippen LogP contribution in [-0.4, -0.2) is 6.04 Å². The highest BCUT2D eigenvalue weighted by molar-refractivity contribution is 6.33. The second kappa shape index (κ2) is 6.63. The summed E-state index contributed by atoms with van der Waals surface area (Å²) in [5.74, 6) is 0. The SMILES string of the molecule is Cc1cccc(Cl)c1NC(C)CCc1ccccc1. The molecule has 0 radical (unpaired) electrons. The predicted molar refractivity (Wildman–Crippen MR) is 84.0 cm³/mol. The monoisotopic (exact) mass is 273 g/mol. The van der Waals surface area contributed by atoms with Gasteiger partial charge in [0.15, 0.2) is 0 Å². The minimum atomic E-state index is 0.402. The van der Waals surface area contributed by atoms with Crippen molar-refractivity contribution in [3.8, 4) is 0 Å². The number of rotatable bonds is 5. The Hall–Kier alpha value is -1.47. The van der Waals surface area contributed by atoms with Crippen LogP contribution >= 0.6 is 11.6 Å². The Morgan fingerprint density at radius 1 is 1.05 bits per heavy atom. The van der Waals surface area contributed by atoms with E-state index in [1.54, 1.807) is 0 Å². The lowest BCUT2D eigenvalue weighted by atomic mass is 10.1. The van der Waals surface area contributed by atoms with E-state index in [0.717, 1.165) is 23.6 Å². The van der Waals surface area contributed by atoms with Gasteiger partial charge in [-0.05, 0) is 43.9 Å². The van der Waals surface area contributed by atoms with Gasteiger partial charge in [0.2, 0.25) is 0 Å². The molecule has 0 bridgehead atoms. The molecule has 0 amide bonds. The molecular weight excluding hydrogens is 254 g/mol. The van der Waals surface area contributed by atoms with Crippen LogP contribution in [0.5, 0.6) is 0 Å². The van der Waals surface area contributed by atoms with Crippen LogP contribution in [0.15, 0.2) is 48.5 Å². The number of aryl methyl sites for hydroxylation is 2. The molecule has 19 heavy (non-hydrogen) atoms. The molecule has 0 aromatic heterocycles. The van der Waals surface area contributed by atoms with Crippen molar-refractivity contribution in [1.29, 1.82) is 0 Å². The molecule has 0 saturated heterocycles. The van der Waals surface area contributed by atoms with Gasteiger partial charge in [-0.1, -0.05) is 54.1 Å². The third-order valence-corrected chi connectivity index (χ3v) is 3.64. The Morgan fingerprint density at radius 2 is 1.79 bits per heavy atom. The van der Waals surface area contributed by atoms with Crippen LogP contribution in [0.2, 0.25) is 5.02 Å². The number of hydrogen-bond donors (Lipinski definition) is 1. The predicted octanol–water partition coefficient (Wildman–Crippen LogP) is 5.08. The van der Waals surface area contributed by atoms with Gasteiger partial charge in [0.1, 0.15) is 0 Å². The molecule has 0 aliphatic carbocycles. The van der Waals surface area contributed by atoms with E-state index in [1.165, 1.54) is 11.1 Å². The fourth-order valence-corrected chi connectivity index (χ4v) is 2.44. The number of anilines is 1. The molecule has 1 unspecified atom stereocenters. The van der Waals surface area contributed by atoms with Crippen LogP contribution < -0.4 is 5.32 Å². The molecule has 2 rings (SSSR count). The number of nitrogens with one attached hydrogen (secondary N) is 1. The maximum absolute atomic E-state index is 6.23. The topological polar surface area (TPSA) is 12.0 Å². The molecular formula is C17H20ClN. The van der Waals surface area contributed by atoms with Gasteiger partial charge < -0.3 is 5.32 Å². The van der Waals surface area contributed by atoms with Gasteiger partial charge in [0.05, 0.1) is 10.7 Å². The highest BCUT2D eigenvalue weighted by atomic mass is 35.5. The van der Waals surface area contributed by atoms with E-state index in [1.807, 2.05) is 12.1 Å². The summed E-state index contributed by atoms with van der Waals surface area (Å²) in [7, 11) is 0. The summed E-state index contributed by atoms with van der Waals surface area (Å²) in [6, 6.07) is 17.0. The van der Waals surface area contributed by atoms with Crippen molar-refractivity contribution in [1.82, 2.24) is 0 Å². The van der Waals surface area contributed by atoms with Crippen molar-refractivity contribution in [2.45, 2.75) is 32.7 Å². The quantitative estimate of drug-likeness (QED) is 0.801. The van der Waals surface area contributed by atoms with Crippen molar-refractivity contribution >= 4 is 17.3 Å². The second-order valence-electron chi connectivity index (χ2n) is 5.00. The fraction of sp³-hybridized carbons (Fsp3) is 0.294. The molecule has 0 heterocycles. The van der Waals surface area contributed by atoms with Crippen LogP contribution in [0, 0.1) is 6.92 Å². The average molecular weight is 274 g/mol. The molecule has 0 aliphatic heterocycles. The van der Waals surface area contributed by atoms with E-state index in [2.05, 4.69) is 55.6 Å². The van der Waals surface area contributed by atoms with E-state index in [0.29, 0.717) is 6.04 Å². The van der Waals surface area contributed by atoms with Crippen molar-refractivity contribution in [3.63, 3.8) is 0 Å². The Morgan fingerprint density at radius 3 is 2.47 bits per heavy atom. The van der Waals surface area contributed by atoms with Crippen LogP contribution in [0.3, 0.4) is 0 Å². The smallest absolute Gasteiger partial charge is 0.0640 e. The largest absolute Gasteiger partial charge is 0.381 e. The Balaban J connectivity index is 1.93. The second-order valence-corrected chi connectivity index (χ2v) is 5.41. The van der Waals surface area contributed by atoms with E-state index in [-0.39, 0.29) is 0 Å². The number of hydrogen-bond acceptors (Lipinski definition) is 1.